The van der Waals surface area contributed by atoms with Crippen LogP contribution in [0.15, 0.2) is 30.5 Å². The van der Waals surface area contributed by atoms with Crippen LogP contribution in [0.3, 0.4) is 0 Å². The van der Waals surface area contributed by atoms with Crippen LogP contribution in [0.25, 0.3) is 11.0 Å². The van der Waals surface area contributed by atoms with E-state index >= 15 is 0 Å². The Morgan fingerprint density at radius 1 is 1.17 bits per heavy atom. The van der Waals surface area contributed by atoms with Crippen molar-refractivity contribution in [2.24, 2.45) is 11.3 Å². The predicted molar refractivity (Wildman–Crippen MR) is 82.9 cm³/mol. The Hall–Kier alpha value is -2.50. The van der Waals surface area contributed by atoms with Gasteiger partial charge in [0.15, 0.2) is 0 Å². The lowest BCUT2D eigenvalue weighted by molar-refractivity contribution is -0.139. The third-order valence-corrected chi connectivity index (χ3v) is 5.20. The topological polar surface area (TPSA) is 83.4 Å². The number of fused-ring (bicyclic) bond motifs is 1. The van der Waals surface area contributed by atoms with Crippen LogP contribution in [0, 0.1) is 11.3 Å². The van der Waals surface area contributed by atoms with E-state index in [2.05, 4.69) is 9.97 Å². The van der Waals surface area contributed by atoms with E-state index < -0.39 is 5.97 Å². The van der Waals surface area contributed by atoms with Gasteiger partial charge in [-0.1, -0.05) is 12.1 Å². The first-order chi connectivity index (χ1) is 11.1. The lowest BCUT2D eigenvalue weighted by Gasteiger charge is -2.32. The van der Waals surface area contributed by atoms with Crippen LogP contribution in [-0.2, 0) is 4.79 Å². The normalized spacial score (nSPS) is 22.3. The number of carboxylic acids is 1. The third-order valence-electron chi connectivity index (χ3n) is 5.20. The number of aliphatic carboxylic acids is 1. The van der Waals surface area contributed by atoms with Gasteiger partial charge in [-0.05, 0) is 36.8 Å². The molecule has 2 aromatic rings. The summed E-state index contributed by atoms with van der Waals surface area (Å²) in [6.45, 7) is 1.19. The van der Waals surface area contributed by atoms with Crippen LogP contribution in [-0.4, -0.2) is 44.9 Å². The number of rotatable bonds is 2. The SMILES string of the molecule is O=C(O)C1CC12CCN(C(=O)c1cnc3ccccc3n1)CC2. The fourth-order valence-electron chi connectivity index (χ4n) is 3.63. The van der Waals surface area contributed by atoms with Gasteiger partial charge in [0.1, 0.15) is 5.69 Å². The summed E-state index contributed by atoms with van der Waals surface area (Å²) in [6, 6.07) is 7.46. The third kappa shape index (κ3) is 2.34. The van der Waals surface area contributed by atoms with Crippen LogP contribution in [0.4, 0.5) is 0 Å². The standard InChI is InChI=1S/C17H17N3O3/c21-15(14-10-18-12-3-1-2-4-13(12)19-14)20-7-5-17(6-8-20)9-11(17)16(22)23/h1-4,10-11H,5-9H2,(H,22,23). The molecule has 1 aromatic carbocycles. The molecular weight excluding hydrogens is 294 g/mol. The molecule has 1 amide bonds. The van der Waals surface area contributed by atoms with Crippen LogP contribution < -0.4 is 0 Å². The molecule has 1 aromatic heterocycles. The number of amides is 1. The average Bonchev–Trinajstić information content (AvgIpc) is 3.28. The minimum Gasteiger partial charge on any atom is -0.481 e. The molecule has 0 bridgehead atoms. The number of piperidine rings is 1. The van der Waals surface area contributed by atoms with Crippen molar-refractivity contribution in [1.29, 1.82) is 0 Å². The first-order valence-electron chi connectivity index (χ1n) is 7.83. The molecule has 1 unspecified atom stereocenters. The monoisotopic (exact) mass is 311 g/mol. The minimum absolute atomic E-state index is 0.0717. The van der Waals surface area contributed by atoms with E-state index in [1.165, 1.54) is 6.20 Å². The van der Waals surface area contributed by atoms with Gasteiger partial charge in [0.25, 0.3) is 5.91 Å². The van der Waals surface area contributed by atoms with Crippen LogP contribution >= 0.6 is 0 Å². The zero-order valence-electron chi connectivity index (χ0n) is 12.6. The molecule has 1 spiro atoms. The number of carboxylic acid groups (broad SMARTS) is 1. The Bertz CT molecular complexity index is 797. The van der Waals surface area contributed by atoms with Crippen LogP contribution in [0.2, 0.25) is 0 Å². The molecule has 2 heterocycles. The van der Waals surface area contributed by atoms with Gasteiger partial charge in [0.2, 0.25) is 0 Å². The first-order valence-corrected chi connectivity index (χ1v) is 7.83. The van der Waals surface area contributed by atoms with Crippen molar-refractivity contribution in [3.8, 4) is 0 Å². The molecule has 1 N–H and O–H groups in total. The Morgan fingerprint density at radius 3 is 2.52 bits per heavy atom. The maximum Gasteiger partial charge on any atom is 0.307 e. The van der Waals surface area contributed by atoms with Crippen LogP contribution in [0.1, 0.15) is 29.8 Å². The zero-order valence-corrected chi connectivity index (χ0v) is 12.6. The lowest BCUT2D eigenvalue weighted by Crippen LogP contribution is -2.40. The highest BCUT2D eigenvalue weighted by molar-refractivity contribution is 5.93. The molecule has 1 aliphatic heterocycles. The zero-order chi connectivity index (χ0) is 16.0. The number of carbonyl (C=O) groups is 2. The molecule has 1 saturated carbocycles. The van der Waals surface area contributed by atoms with Gasteiger partial charge in [0.05, 0.1) is 23.1 Å². The molecule has 6 heteroatoms. The summed E-state index contributed by atoms with van der Waals surface area (Å²) in [5.74, 6) is -1.05. The lowest BCUT2D eigenvalue weighted by atomic mass is 9.90. The van der Waals surface area contributed by atoms with Crippen molar-refractivity contribution < 1.29 is 14.7 Å². The van der Waals surface area contributed by atoms with Gasteiger partial charge in [-0.25, -0.2) is 4.98 Å². The van der Waals surface area contributed by atoms with E-state index in [-0.39, 0.29) is 17.2 Å². The molecule has 23 heavy (non-hydrogen) atoms. The summed E-state index contributed by atoms with van der Waals surface area (Å²) in [7, 11) is 0. The molecule has 1 aliphatic carbocycles. The quantitative estimate of drug-likeness (QED) is 0.916. The summed E-state index contributed by atoms with van der Waals surface area (Å²) in [5.41, 5.74) is 1.76. The van der Waals surface area contributed by atoms with Crippen LogP contribution in [0.5, 0.6) is 0 Å². The summed E-state index contributed by atoms with van der Waals surface area (Å²) < 4.78 is 0. The molecule has 1 saturated heterocycles. The van der Waals surface area contributed by atoms with Crippen molar-refractivity contribution in [2.75, 3.05) is 13.1 Å². The number of hydrogen-bond donors (Lipinski definition) is 1. The number of aromatic nitrogens is 2. The van der Waals surface area contributed by atoms with Gasteiger partial charge in [-0.3, -0.25) is 14.6 Å². The van der Waals surface area contributed by atoms with Crippen molar-refractivity contribution in [3.63, 3.8) is 0 Å². The number of benzene rings is 1. The smallest absolute Gasteiger partial charge is 0.307 e. The molecule has 4 rings (SSSR count). The fourth-order valence-corrected chi connectivity index (χ4v) is 3.63. The Morgan fingerprint density at radius 2 is 1.87 bits per heavy atom. The fraction of sp³-hybridized carbons (Fsp3) is 0.412. The van der Waals surface area contributed by atoms with E-state index in [0.717, 1.165) is 24.8 Å². The molecular formula is C17H17N3O3. The maximum absolute atomic E-state index is 12.6. The maximum atomic E-state index is 12.6. The van der Waals surface area contributed by atoms with Gasteiger partial charge in [-0.2, -0.15) is 0 Å². The van der Waals surface area contributed by atoms with Gasteiger partial charge in [-0.15, -0.1) is 0 Å². The van der Waals surface area contributed by atoms with Gasteiger partial charge in [0, 0.05) is 13.1 Å². The Balaban J connectivity index is 1.48. The largest absolute Gasteiger partial charge is 0.481 e. The van der Waals surface area contributed by atoms with E-state index in [1.807, 2.05) is 24.3 Å². The summed E-state index contributed by atoms with van der Waals surface area (Å²) in [5, 5.41) is 9.13. The highest BCUT2D eigenvalue weighted by Gasteiger charge is 2.59. The Kier molecular flexibility index (Phi) is 3.07. The van der Waals surface area contributed by atoms with E-state index in [4.69, 9.17) is 5.11 Å². The van der Waals surface area contributed by atoms with E-state index in [9.17, 15) is 9.59 Å². The van der Waals surface area contributed by atoms with Crippen molar-refractivity contribution >= 4 is 22.9 Å². The molecule has 0 radical (unpaired) electrons. The van der Waals surface area contributed by atoms with Gasteiger partial charge < -0.3 is 10.0 Å². The number of hydrogen-bond acceptors (Lipinski definition) is 4. The van der Waals surface area contributed by atoms with Crippen molar-refractivity contribution in [3.05, 3.63) is 36.2 Å². The van der Waals surface area contributed by atoms with E-state index in [0.29, 0.717) is 24.3 Å². The number of likely N-dealkylation sites (tertiary alicyclic amines) is 1. The Labute approximate surface area is 133 Å². The summed E-state index contributed by atoms with van der Waals surface area (Å²) in [4.78, 5) is 34.1. The van der Waals surface area contributed by atoms with Crippen molar-refractivity contribution in [2.45, 2.75) is 19.3 Å². The average molecular weight is 311 g/mol. The number of carbonyl (C=O) groups excluding carboxylic acids is 1. The molecule has 2 fully saturated rings. The second kappa shape index (κ2) is 5.01. The molecule has 1 atom stereocenters. The van der Waals surface area contributed by atoms with Gasteiger partial charge >= 0.3 is 5.97 Å². The van der Waals surface area contributed by atoms with E-state index in [1.54, 1.807) is 4.90 Å². The van der Waals surface area contributed by atoms with Crippen molar-refractivity contribution in [1.82, 2.24) is 14.9 Å². The second-order valence-electron chi connectivity index (χ2n) is 6.49. The second-order valence-corrected chi connectivity index (χ2v) is 6.49. The molecule has 118 valence electrons. The summed E-state index contributed by atoms with van der Waals surface area (Å²) >= 11 is 0. The molecule has 6 nitrogen and oxygen atoms in total. The highest BCUT2D eigenvalue weighted by atomic mass is 16.4. The highest BCUT2D eigenvalue weighted by Crippen LogP contribution is 2.59. The number of nitrogens with zero attached hydrogens (tertiary/aromatic N) is 3. The predicted octanol–water partition coefficient (Wildman–Crippen LogP) is 1.96. The number of para-hydroxylation sites is 2. The minimum atomic E-state index is -0.704. The summed E-state index contributed by atoms with van der Waals surface area (Å²) in [6.07, 6.45) is 3.79. The first kappa shape index (κ1) is 14.1. The molecule has 2 aliphatic rings.